The van der Waals surface area contributed by atoms with Gasteiger partial charge in [0.2, 0.25) is 0 Å². The molecule has 0 amide bonds. The van der Waals surface area contributed by atoms with Gasteiger partial charge in [0.25, 0.3) is 0 Å². The Labute approximate surface area is 197 Å². The predicted molar refractivity (Wildman–Crippen MR) is 121 cm³/mol. The quantitative estimate of drug-likeness (QED) is 0.382. The lowest BCUT2D eigenvalue weighted by Gasteiger charge is -2.40. The first kappa shape index (κ1) is 22.3. The zero-order valence-corrected chi connectivity index (χ0v) is 19.6. The third-order valence-corrected chi connectivity index (χ3v) is 9.70. The van der Waals surface area contributed by atoms with Gasteiger partial charge in [0.05, 0.1) is 0 Å². The molecule has 2 saturated carbocycles. The summed E-state index contributed by atoms with van der Waals surface area (Å²) in [4.78, 5) is 0. The molecule has 2 fully saturated rings. The highest BCUT2D eigenvalue weighted by Gasteiger charge is 2.50. The third-order valence-electron chi connectivity index (χ3n) is 8.74. The Hall–Kier alpha value is -2.22. The van der Waals surface area contributed by atoms with Crippen LogP contribution >= 0.6 is 0 Å². The fraction of sp³-hybridized carbons (Fsp3) is 0.538. The van der Waals surface area contributed by atoms with Crippen LogP contribution in [0, 0.1) is 5.41 Å². The minimum absolute atomic E-state index is 0.00952. The Kier molecular flexibility index (Phi) is 4.84. The maximum Gasteiger partial charge on any atom is 0.534 e. The van der Waals surface area contributed by atoms with E-state index in [1.165, 1.54) is 18.9 Å². The highest BCUT2D eigenvalue weighted by Crippen LogP contribution is 2.58. The summed E-state index contributed by atoms with van der Waals surface area (Å²) in [7, 11) is -5.74. The van der Waals surface area contributed by atoms with Crippen molar-refractivity contribution in [3.8, 4) is 22.6 Å². The SMILES string of the molecule is O=S(=O)(Oc1ccc(-c2ccc(O)c3c2CC2(CCCC2)C3)c2c1C1CCC2CC1)C(F)(F)F. The molecule has 0 atom stereocenters. The van der Waals surface area contributed by atoms with Crippen molar-refractivity contribution in [3.63, 3.8) is 0 Å². The fourth-order valence-electron chi connectivity index (χ4n) is 7.24. The van der Waals surface area contributed by atoms with Crippen LogP contribution in [0.2, 0.25) is 0 Å². The number of hydrogen-bond donors (Lipinski definition) is 1. The average Bonchev–Trinajstić information content (AvgIpc) is 3.41. The highest BCUT2D eigenvalue weighted by atomic mass is 32.2. The van der Waals surface area contributed by atoms with E-state index in [-0.39, 0.29) is 23.0 Å². The van der Waals surface area contributed by atoms with Crippen molar-refractivity contribution in [1.82, 2.24) is 0 Å². The smallest absolute Gasteiger partial charge is 0.508 e. The molecule has 8 heteroatoms. The Bertz CT molecular complexity index is 1270. The first-order valence-corrected chi connectivity index (χ1v) is 13.5. The molecule has 34 heavy (non-hydrogen) atoms. The molecule has 0 unspecified atom stereocenters. The highest BCUT2D eigenvalue weighted by molar-refractivity contribution is 7.88. The van der Waals surface area contributed by atoms with E-state index in [4.69, 9.17) is 4.18 Å². The number of benzene rings is 2. The summed E-state index contributed by atoms with van der Waals surface area (Å²) in [5.74, 6) is 0.283. The molecule has 2 aromatic carbocycles. The van der Waals surface area contributed by atoms with Crippen molar-refractivity contribution in [1.29, 1.82) is 0 Å². The Morgan fingerprint density at radius 1 is 0.853 bits per heavy atom. The summed E-state index contributed by atoms with van der Waals surface area (Å²) in [5.41, 5.74) is 0.397. The van der Waals surface area contributed by atoms with E-state index in [9.17, 15) is 26.7 Å². The lowest BCUT2D eigenvalue weighted by atomic mass is 9.65. The summed E-state index contributed by atoms with van der Waals surface area (Å²) in [5, 5.41) is 10.6. The summed E-state index contributed by atoms with van der Waals surface area (Å²) < 4.78 is 67.6. The Morgan fingerprint density at radius 2 is 1.44 bits per heavy atom. The molecule has 5 aliphatic carbocycles. The molecular weight excluding hydrogens is 465 g/mol. The minimum Gasteiger partial charge on any atom is -0.508 e. The lowest BCUT2D eigenvalue weighted by molar-refractivity contribution is -0.0500. The number of alkyl halides is 3. The number of aromatic hydroxyl groups is 1. The molecular formula is C26H27F3O4S. The fourth-order valence-corrected chi connectivity index (χ4v) is 7.72. The monoisotopic (exact) mass is 492 g/mol. The van der Waals surface area contributed by atoms with Gasteiger partial charge < -0.3 is 9.29 Å². The van der Waals surface area contributed by atoms with E-state index in [1.54, 1.807) is 12.1 Å². The molecule has 0 radical (unpaired) electrons. The van der Waals surface area contributed by atoms with Gasteiger partial charge in [-0.05, 0) is 109 Å². The lowest BCUT2D eigenvalue weighted by Crippen LogP contribution is -2.30. The first-order valence-electron chi connectivity index (χ1n) is 12.1. The molecule has 0 saturated heterocycles. The number of hydrogen-bond acceptors (Lipinski definition) is 4. The Morgan fingerprint density at radius 3 is 2.09 bits per heavy atom. The maximum atomic E-state index is 13.1. The van der Waals surface area contributed by atoms with E-state index in [0.717, 1.165) is 79.2 Å². The molecule has 0 heterocycles. The zero-order valence-electron chi connectivity index (χ0n) is 18.7. The van der Waals surface area contributed by atoms with E-state index in [0.29, 0.717) is 11.3 Å². The van der Waals surface area contributed by atoms with Gasteiger partial charge in [0, 0.05) is 5.56 Å². The predicted octanol–water partition coefficient (Wildman–Crippen LogP) is 6.70. The van der Waals surface area contributed by atoms with Crippen LogP contribution in [0.25, 0.3) is 11.1 Å². The van der Waals surface area contributed by atoms with Crippen LogP contribution in [0.5, 0.6) is 11.5 Å². The van der Waals surface area contributed by atoms with Gasteiger partial charge >= 0.3 is 15.6 Å². The van der Waals surface area contributed by atoms with Crippen molar-refractivity contribution in [2.45, 2.75) is 81.6 Å². The van der Waals surface area contributed by atoms with Crippen molar-refractivity contribution >= 4 is 10.1 Å². The standard InChI is InChI=1S/C26H27F3O4S/c27-26(28,29)34(31,32)33-22-10-8-18(23-15-3-5-16(6-4-15)24(22)23)17-7-9-21(30)20-14-25(13-19(17)20)11-1-2-12-25/h7-10,15-16,30H,1-6,11-14H2. The average molecular weight is 493 g/mol. The van der Waals surface area contributed by atoms with Gasteiger partial charge in [0.1, 0.15) is 11.5 Å². The molecule has 2 bridgehead atoms. The van der Waals surface area contributed by atoms with E-state index in [1.807, 2.05) is 6.07 Å². The van der Waals surface area contributed by atoms with Gasteiger partial charge in [-0.1, -0.05) is 25.0 Å². The van der Waals surface area contributed by atoms with Crippen LogP contribution in [0.15, 0.2) is 24.3 Å². The van der Waals surface area contributed by atoms with Gasteiger partial charge in [-0.3, -0.25) is 0 Å². The van der Waals surface area contributed by atoms with Crippen LogP contribution < -0.4 is 4.18 Å². The number of halogens is 3. The van der Waals surface area contributed by atoms with Gasteiger partial charge in [-0.15, -0.1) is 0 Å². The molecule has 4 nitrogen and oxygen atoms in total. The summed E-state index contributed by atoms with van der Waals surface area (Å²) in [6, 6.07) is 6.78. The Balaban J connectivity index is 1.51. The van der Waals surface area contributed by atoms with Crippen molar-refractivity contribution < 1.29 is 30.9 Å². The molecule has 5 aliphatic rings. The topological polar surface area (TPSA) is 63.6 Å². The first-order chi connectivity index (χ1) is 16.1. The normalized spacial score (nSPS) is 24.9. The van der Waals surface area contributed by atoms with Crippen LogP contribution in [-0.2, 0) is 23.0 Å². The van der Waals surface area contributed by atoms with Crippen LogP contribution in [0.1, 0.15) is 85.5 Å². The van der Waals surface area contributed by atoms with Gasteiger partial charge in [-0.25, -0.2) is 0 Å². The summed E-state index contributed by atoms with van der Waals surface area (Å²) in [6.07, 6.45) is 9.95. The number of rotatable bonds is 3. The molecule has 1 N–H and O–H groups in total. The minimum atomic E-state index is -5.74. The van der Waals surface area contributed by atoms with Crippen molar-refractivity contribution in [2.24, 2.45) is 5.41 Å². The van der Waals surface area contributed by atoms with Gasteiger partial charge in [0.15, 0.2) is 0 Å². The second-order valence-electron chi connectivity index (χ2n) is 10.6. The number of phenols is 1. The van der Waals surface area contributed by atoms with E-state index < -0.39 is 15.6 Å². The number of fused-ring (bicyclic) bond motifs is 3. The van der Waals surface area contributed by atoms with E-state index >= 15 is 0 Å². The molecule has 2 aromatic rings. The van der Waals surface area contributed by atoms with Gasteiger partial charge in [-0.2, -0.15) is 21.6 Å². The maximum absolute atomic E-state index is 13.1. The molecule has 182 valence electrons. The summed E-state index contributed by atoms with van der Waals surface area (Å²) >= 11 is 0. The molecule has 7 rings (SSSR count). The second kappa shape index (κ2) is 7.39. The molecule has 0 aromatic heterocycles. The van der Waals surface area contributed by atoms with Crippen LogP contribution in [0.4, 0.5) is 13.2 Å². The largest absolute Gasteiger partial charge is 0.534 e. The van der Waals surface area contributed by atoms with Crippen molar-refractivity contribution in [2.75, 3.05) is 0 Å². The molecule has 1 spiro atoms. The zero-order chi connectivity index (χ0) is 23.9. The van der Waals surface area contributed by atoms with E-state index in [2.05, 4.69) is 0 Å². The number of phenolic OH excluding ortho intramolecular Hbond substituents is 1. The second-order valence-corrected chi connectivity index (χ2v) is 12.2. The summed E-state index contributed by atoms with van der Waals surface area (Å²) in [6.45, 7) is 0. The van der Waals surface area contributed by atoms with Crippen molar-refractivity contribution in [3.05, 3.63) is 46.5 Å². The third kappa shape index (κ3) is 3.28. The molecule has 0 aliphatic heterocycles. The van der Waals surface area contributed by atoms with Crippen LogP contribution in [0.3, 0.4) is 0 Å². The van der Waals surface area contributed by atoms with Crippen LogP contribution in [-0.4, -0.2) is 19.0 Å².